The fraction of sp³-hybridized carbons (Fsp3) is 0.231. The number of aromatic nitrogens is 5. The molecule has 1 atom stereocenters. The number of benzene rings is 2. The van der Waals surface area contributed by atoms with Gasteiger partial charge in [0.15, 0.2) is 5.82 Å². The number of halogens is 1. The molecule has 1 unspecified atom stereocenters. The number of hydrogen-bond donors (Lipinski definition) is 3. The predicted octanol–water partition coefficient (Wildman–Crippen LogP) is 3.45. The Kier molecular flexibility index (Phi) is 6.48. The van der Waals surface area contributed by atoms with E-state index >= 15 is 0 Å². The summed E-state index contributed by atoms with van der Waals surface area (Å²) in [6, 6.07) is 11.9. The number of rotatable bonds is 6. The highest BCUT2D eigenvalue weighted by molar-refractivity contribution is 5.97. The van der Waals surface area contributed by atoms with Crippen LogP contribution in [0.4, 0.5) is 4.39 Å². The summed E-state index contributed by atoms with van der Waals surface area (Å²) in [7, 11) is 0. The molecule has 3 N–H and O–H groups in total. The molecule has 1 aliphatic rings. The Bertz CT molecular complexity index is 1420. The first kappa shape index (κ1) is 23.3. The molecular weight excluding hydrogens is 461 g/mol. The van der Waals surface area contributed by atoms with E-state index in [-0.39, 0.29) is 35.7 Å². The van der Waals surface area contributed by atoms with Crippen LogP contribution in [0.3, 0.4) is 0 Å². The zero-order valence-electron chi connectivity index (χ0n) is 19.6. The van der Waals surface area contributed by atoms with Gasteiger partial charge in [-0.1, -0.05) is 24.3 Å². The minimum atomic E-state index is -0.448. The van der Waals surface area contributed by atoms with E-state index in [1.165, 1.54) is 24.8 Å². The Labute approximate surface area is 206 Å². The van der Waals surface area contributed by atoms with E-state index in [0.717, 1.165) is 41.5 Å². The Morgan fingerprint density at radius 1 is 1.03 bits per heavy atom. The molecule has 2 aromatic carbocycles. The molecule has 2 amide bonds. The van der Waals surface area contributed by atoms with Gasteiger partial charge in [0.2, 0.25) is 0 Å². The quantitative estimate of drug-likeness (QED) is 0.384. The third-order valence-electron chi connectivity index (χ3n) is 6.26. The number of aryl methyl sites for hydroxylation is 2. The van der Waals surface area contributed by atoms with Crippen LogP contribution in [0, 0.1) is 12.7 Å². The summed E-state index contributed by atoms with van der Waals surface area (Å²) < 4.78 is 13.5. The maximum atomic E-state index is 13.5. The van der Waals surface area contributed by atoms with Crippen LogP contribution in [0.2, 0.25) is 0 Å². The van der Waals surface area contributed by atoms with E-state index in [2.05, 4.69) is 41.8 Å². The van der Waals surface area contributed by atoms with Crippen molar-refractivity contribution in [1.29, 1.82) is 0 Å². The Morgan fingerprint density at radius 3 is 2.64 bits per heavy atom. The van der Waals surface area contributed by atoms with E-state index in [1.807, 2.05) is 12.1 Å². The molecule has 0 saturated carbocycles. The molecule has 182 valence electrons. The molecule has 2 aromatic heterocycles. The topological polar surface area (TPSA) is 126 Å². The second-order valence-electron chi connectivity index (χ2n) is 8.72. The minimum absolute atomic E-state index is 0.0785. The molecule has 0 aliphatic heterocycles. The van der Waals surface area contributed by atoms with Crippen LogP contribution >= 0.6 is 0 Å². The number of nitrogens with one attached hydrogen (secondary N) is 3. The van der Waals surface area contributed by atoms with Gasteiger partial charge in [-0.05, 0) is 60.6 Å². The van der Waals surface area contributed by atoms with Crippen LogP contribution in [-0.2, 0) is 13.0 Å². The van der Waals surface area contributed by atoms with Crippen molar-refractivity contribution in [2.75, 3.05) is 0 Å². The van der Waals surface area contributed by atoms with E-state index in [1.54, 1.807) is 19.1 Å². The lowest BCUT2D eigenvalue weighted by atomic mass is 9.86. The summed E-state index contributed by atoms with van der Waals surface area (Å²) in [5.41, 5.74) is 4.60. The lowest BCUT2D eigenvalue weighted by molar-refractivity contribution is 0.0927. The van der Waals surface area contributed by atoms with Gasteiger partial charge in [-0.3, -0.25) is 14.7 Å². The first-order valence-corrected chi connectivity index (χ1v) is 11.6. The molecule has 4 aromatic rings. The van der Waals surface area contributed by atoms with Gasteiger partial charge >= 0.3 is 0 Å². The van der Waals surface area contributed by atoms with Crippen molar-refractivity contribution >= 4 is 11.8 Å². The number of carbonyl (C=O) groups is 2. The summed E-state index contributed by atoms with van der Waals surface area (Å²) in [5, 5.41) is 12.6. The Morgan fingerprint density at radius 2 is 1.86 bits per heavy atom. The van der Waals surface area contributed by atoms with E-state index in [9.17, 15) is 14.0 Å². The van der Waals surface area contributed by atoms with Gasteiger partial charge in [-0.15, -0.1) is 0 Å². The van der Waals surface area contributed by atoms with Crippen LogP contribution in [0.5, 0.6) is 0 Å². The van der Waals surface area contributed by atoms with Crippen molar-refractivity contribution in [3.05, 3.63) is 94.6 Å². The van der Waals surface area contributed by atoms with E-state index in [0.29, 0.717) is 11.4 Å². The summed E-state index contributed by atoms with van der Waals surface area (Å²) >= 11 is 0. The second-order valence-corrected chi connectivity index (χ2v) is 8.72. The molecule has 10 heteroatoms. The standard InChI is InChI=1S/C26H24FN7O2/c1-15-9-16(5-8-20(15)27)12-28-25(35)22-11-23(30-13-29-22)26(36)33-21-4-2-3-17-10-18(6-7-19(17)21)24-31-14-32-34-24/h5-11,13-14,21H,2-4,12H2,1H3,(H,28,35)(H,33,36)(H,31,32,34). The molecule has 0 spiro atoms. The van der Waals surface area contributed by atoms with Gasteiger partial charge < -0.3 is 10.6 Å². The average molecular weight is 486 g/mol. The van der Waals surface area contributed by atoms with Gasteiger partial charge in [0.1, 0.15) is 29.9 Å². The van der Waals surface area contributed by atoms with Gasteiger partial charge in [-0.25, -0.2) is 19.3 Å². The molecule has 0 saturated heterocycles. The number of aromatic amines is 1. The molecular formula is C26H24FN7O2. The molecule has 0 radical (unpaired) electrons. The van der Waals surface area contributed by atoms with Gasteiger partial charge in [-0.2, -0.15) is 5.10 Å². The number of nitrogens with zero attached hydrogens (tertiary/aromatic N) is 4. The molecule has 36 heavy (non-hydrogen) atoms. The first-order valence-electron chi connectivity index (χ1n) is 11.6. The fourth-order valence-electron chi connectivity index (χ4n) is 4.38. The Balaban J connectivity index is 1.26. The number of fused-ring (bicyclic) bond motifs is 1. The molecule has 9 nitrogen and oxygen atoms in total. The minimum Gasteiger partial charge on any atom is -0.347 e. The third-order valence-corrected chi connectivity index (χ3v) is 6.26. The summed E-state index contributed by atoms with van der Waals surface area (Å²) in [5.74, 6) is -0.424. The van der Waals surface area contributed by atoms with Crippen LogP contribution in [0.1, 0.15) is 62.1 Å². The van der Waals surface area contributed by atoms with Gasteiger partial charge in [0.05, 0.1) is 6.04 Å². The van der Waals surface area contributed by atoms with Crippen LogP contribution in [0.15, 0.2) is 55.1 Å². The summed E-state index contributed by atoms with van der Waals surface area (Å²) in [4.78, 5) is 37.9. The monoisotopic (exact) mass is 485 g/mol. The highest BCUT2D eigenvalue weighted by Crippen LogP contribution is 2.32. The molecule has 2 heterocycles. The lowest BCUT2D eigenvalue weighted by Gasteiger charge is -2.26. The number of H-pyrrole nitrogens is 1. The largest absolute Gasteiger partial charge is 0.347 e. The predicted molar refractivity (Wildman–Crippen MR) is 129 cm³/mol. The van der Waals surface area contributed by atoms with E-state index < -0.39 is 5.91 Å². The Hall–Kier alpha value is -4.47. The zero-order valence-corrected chi connectivity index (χ0v) is 19.6. The maximum absolute atomic E-state index is 13.5. The molecule has 0 fully saturated rings. The van der Waals surface area contributed by atoms with Crippen molar-refractivity contribution in [3.8, 4) is 11.4 Å². The third kappa shape index (κ3) is 4.97. The van der Waals surface area contributed by atoms with Crippen molar-refractivity contribution in [3.63, 3.8) is 0 Å². The molecule has 5 rings (SSSR count). The van der Waals surface area contributed by atoms with Gasteiger partial charge in [0, 0.05) is 18.2 Å². The highest BCUT2D eigenvalue weighted by atomic mass is 19.1. The SMILES string of the molecule is Cc1cc(CNC(=O)c2cc(C(=O)NC3CCCc4cc(-c5ncn[nH]5)ccc43)ncn2)ccc1F. The van der Waals surface area contributed by atoms with Crippen LogP contribution in [0.25, 0.3) is 11.4 Å². The first-order chi connectivity index (χ1) is 17.5. The van der Waals surface area contributed by atoms with Gasteiger partial charge in [0.25, 0.3) is 11.8 Å². The molecule has 0 bridgehead atoms. The van der Waals surface area contributed by atoms with E-state index in [4.69, 9.17) is 0 Å². The summed E-state index contributed by atoms with van der Waals surface area (Å²) in [6.45, 7) is 1.87. The van der Waals surface area contributed by atoms with Crippen molar-refractivity contribution in [2.45, 2.75) is 38.8 Å². The molecule has 1 aliphatic carbocycles. The maximum Gasteiger partial charge on any atom is 0.270 e. The normalized spacial score (nSPS) is 14.7. The van der Waals surface area contributed by atoms with Crippen LogP contribution in [-0.4, -0.2) is 37.0 Å². The van der Waals surface area contributed by atoms with Crippen LogP contribution < -0.4 is 10.6 Å². The van der Waals surface area contributed by atoms with Crippen molar-refractivity contribution < 1.29 is 14.0 Å². The highest BCUT2D eigenvalue weighted by Gasteiger charge is 2.24. The number of hydrogen-bond acceptors (Lipinski definition) is 6. The fourth-order valence-corrected chi connectivity index (χ4v) is 4.38. The smallest absolute Gasteiger partial charge is 0.270 e. The van der Waals surface area contributed by atoms with Crippen molar-refractivity contribution in [1.82, 2.24) is 35.8 Å². The zero-order chi connectivity index (χ0) is 25.1. The van der Waals surface area contributed by atoms with Crippen molar-refractivity contribution in [2.24, 2.45) is 0 Å². The summed E-state index contributed by atoms with van der Waals surface area (Å²) in [6.07, 6.45) is 5.31. The average Bonchev–Trinajstić information content (AvgIpc) is 3.44. The lowest BCUT2D eigenvalue weighted by Crippen LogP contribution is -2.32. The number of carbonyl (C=O) groups excluding carboxylic acids is 2. The second kappa shape index (κ2) is 10.0. The number of amides is 2.